The number of ether oxygens (including phenoxy) is 1. The van der Waals surface area contributed by atoms with E-state index in [9.17, 15) is 4.79 Å². The van der Waals surface area contributed by atoms with Crippen molar-refractivity contribution < 1.29 is 9.53 Å². The van der Waals surface area contributed by atoms with Crippen LogP contribution in [0.4, 0.5) is 0 Å². The predicted octanol–water partition coefficient (Wildman–Crippen LogP) is 4.77. The van der Waals surface area contributed by atoms with Crippen molar-refractivity contribution in [2.24, 2.45) is 5.10 Å². The lowest BCUT2D eigenvalue weighted by Crippen LogP contribution is -2.22. The normalized spacial score (nSPS) is 14.6. The van der Waals surface area contributed by atoms with Gasteiger partial charge in [0.15, 0.2) is 4.32 Å². The van der Waals surface area contributed by atoms with Gasteiger partial charge < -0.3 is 4.74 Å². The minimum absolute atomic E-state index is 0.115. The summed E-state index contributed by atoms with van der Waals surface area (Å²) < 4.78 is 6.23. The number of hydrogen-bond acceptors (Lipinski definition) is 5. The van der Waals surface area contributed by atoms with Crippen LogP contribution in [-0.4, -0.2) is 27.2 Å². The molecule has 0 radical (unpaired) electrons. The Bertz CT molecular complexity index is 842. The molecule has 0 aliphatic carbocycles. The minimum atomic E-state index is -0.115. The number of nitrogens with zero attached hydrogens (tertiary/aromatic N) is 2. The summed E-state index contributed by atoms with van der Waals surface area (Å²) >= 11 is 18.4. The third kappa shape index (κ3) is 4.73. The van der Waals surface area contributed by atoms with Crippen LogP contribution in [0.15, 0.2) is 47.6 Å². The Kier molecular flexibility index (Phi) is 5.96. The van der Waals surface area contributed by atoms with Crippen LogP contribution in [0.1, 0.15) is 11.1 Å². The van der Waals surface area contributed by atoms with Gasteiger partial charge in [0.25, 0.3) is 5.91 Å². The molecule has 8 heteroatoms. The fraction of sp³-hybridized carbons (Fsp3) is 0.118. The average Bonchev–Trinajstić information content (AvgIpc) is 2.91. The number of halogens is 2. The van der Waals surface area contributed by atoms with E-state index in [0.717, 1.165) is 11.1 Å². The average molecular weight is 411 g/mol. The Morgan fingerprint density at radius 1 is 1.28 bits per heavy atom. The van der Waals surface area contributed by atoms with E-state index >= 15 is 0 Å². The van der Waals surface area contributed by atoms with E-state index in [1.807, 2.05) is 30.3 Å². The van der Waals surface area contributed by atoms with Crippen LogP contribution >= 0.6 is 47.2 Å². The van der Waals surface area contributed by atoms with E-state index in [2.05, 4.69) is 5.10 Å². The second-order valence-corrected chi connectivity index (χ2v) is 7.55. The summed E-state index contributed by atoms with van der Waals surface area (Å²) in [6.07, 6.45) is 1.58. The van der Waals surface area contributed by atoms with Gasteiger partial charge in [0.05, 0.1) is 12.0 Å². The van der Waals surface area contributed by atoms with Gasteiger partial charge >= 0.3 is 0 Å². The fourth-order valence-electron chi connectivity index (χ4n) is 2.07. The molecule has 2 aromatic rings. The zero-order valence-corrected chi connectivity index (χ0v) is 16.0. The molecule has 3 rings (SSSR count). The Hall–Kier alpha value is -1.60. The van der Waals surface area contributed by atoms with Crippen molar-refractivity contribution in [2.75, 3.05) is 5.75 Å². The molecule has 1 aliphatic rings. The van der Waals surface area contributed by atoms with E-state index in [4.69, 9.17) is 40.2 Å². The maximum atomic E-state index is 11.6. The summed E-state index contributed by atoms with van der Waals surface area (Å²) in [6, 6.07) is 12.6. The minimum Gasteiger partial charge on any atom is -0.489 e. The zero-order valence-electron chi connectivity index (χ0n) is 12.8. The third-order valence-electron chi connectivity index (χ3n) is 3.32. The molecule has 1 saturated heterocycles. The van der Waals surface area contributed by atoms with Crippen molar-refractivity contribution >= 4 is 63.6 Å². The van der Waals surface area contributed by atoms with Crippen LogP contribution in [0, 0.1) is 0 Å². The van der Waals surface area contributed by atoms with E-state index in [-0.39, 0.29) is 5.91 Å². The lowest BCUT2D eigenvalue weighted by Gasteiger charge is -2.09. The number of carbonyl (C=O) groups is 1. The Labute approximate surface area is 164 Å². The molecular weight excluding hydrogens is 399 g/mol. The van der Waals surface area contributed by atoms with Crippen LogP contribution in [-0.2, 0) is 11.4 Å². The molecule has 1 amide bonds. The van der Waals surface area contributed by atoms with Gasteiger partial charge in [-0.15, -0.1) is 0 Å². The molecule has 1 heterocycles. The predicted molar refractivity (Wildman–Crippen MR) is 107 cm³/mol. The summed E-state index contributed by atoms with van der Waals surface area (Å²) in [5.41, 5.74) is 1.64. The standard InChI is InChI=1S/C17H12Cl2N2O2S2/c18-13-5-4-12(15(19)7-13)9-23-14-3-1-2-11(6-14)8-20-21-16(22)10-25-17(21)24/h1-8H,9-10H2/b20-8+. The third-order valence-corrected chi connectivity index (χ3v) is 5.24. The van der Waals surface area contributed by atoms with Crippen molar-refractivity contribution in [1.29, 1.82) is 0 Å². The van der Waals surface area contributed by atoms with E-state index in [0.29, 0.717) is 32.5 Å². The summed E-state index contributed by atoms with van der Waals surface area (Å²) in [5.74, 6) is 0.886. The summed E-state index contributed by atoms with van der Waals surface area (Å²) in [4.78, 5) is 11.6. The van der Waals surface area contributed by atoms with Gasteiger partial charge in [-0.05, 0) is 29.8 Å². The van der Waals surface area contributed by atoms with E-state index in [1.54, 1.807) is 18.3 Å². The summed E-state index contributed by atoms with van der Waals surface area (Å²) in [5, 5.41) is 6.52. The molecule has 1 aliphatic heterocycles. The van der Waals surface area contributed by atoms with Crippen LogP contribution in [0.5, 0.6) is 5.75 Å². The number of amides is 1. The molecule has 0 spiro atoms. The first-order valence-electron chi connectivity index (χ1n) is 7.23. The first kappa shape index (κ1) is 18.2. The molecule has 2 aromatic carbocycles. The largest absolute Gasteiger partial charge is 0.489 e. The summed E-state index contributed by atoms with van der Waals surface area (Å²) in [6.45, 7) is 0.321. The fourth-order valence-corrected chi connectivity index (χ4v) is 3.50. The van der Waals surface area contributed by atoms with Gasteiger partial charge in [-0.2, -0.15) is 10.1 Å². The van der Waals surface area contributed by atoms with Gasteiger partial charge in [-0.3, -0.25) is 4.79 Å². The van der Waals surface area contributed by atoms with Crippen molar-refractivity contribution in [3.05, 3.63) is 63.6 Å². The Morgan fingerprint density at radius 2 is 2.12 bits per heavy atom. The van der Waals surface area contributed by atoms with Gasteiger partial charge in [-0.25, -0.2) is 0 Å². The monoisotopic (exact) mass is 410 g/mol. The number of carbonyl (C=O) groups excluding carboxylic acids is 1. The van der Waals surface area contributed by atoms with Crippen molar-refractivity contribution in [2.45, 2.75) is 6.61 Å². The van der Waals surface area contributed by atoms with Crippen molar-refractivity contribution in [1.82, 2.24) is 5.01 Å². The number of thioether (sulfide) groups is 1. The number of hydrogen-bond donors (Lipinski definition) is 0. The second-order valence-electron chi connectivity index (χ2n) is 5.10. The smallest absolute Gasteiger partial charge is 0.259 e. The number of benzene rings is 2. The second kappa shape index (κ2) is 8.19. The SMILES string of the molecule is O=C1CSC(=S)N1/N=C/c1cccc(OCc2ccc(Cl)cc2Cl)c1. The van der Waals surface area contributed by atoms with E-state index < -0.39 is 0 Å². The Morgan fingerprint density at radius 3 is 2.84 bits per heavy atom. The Balaban J connectivity index is 1.67. The van der Waals surface area contributed by atoms with Gasteiger partial charge in [0, 0.05) is 15.6 Å². The molecule has 0 atom stereocenters. The van der Waals surface area contributed by atoms with Crippen molar-refractivity contribution in [3.63, 3.8) is 0 Å². The number of thiocarbonyl (C=S) groups is 1. The first-order valence-corrected chi connectivity index (χ1v) is 9.38. The molecule has 1 fully saturated rings. The van der Waals surface area contributed by atoms with Gasteiger partial charge in [0.1, 0.15) is 12.4 Å². The lowest BCUT2D eigenvalue weighted by molar-refractivity contribution is -0.123. The van der Waals surface area contributed by atoms with Gasteiger partial charge in [0.2, 0.25) is 0 Å². The topological polar surface area (TPSA) is 41.9 Å². The molecule has 0 unspecified atom stereocenters. The first-order chi connectivity index (χ1) is 12.0. The maximum absolute atomic E-state index is 11.6. The molecule has 0 bridgehead atoms. The van der Waals surface area contributed by atoms with Crippen LogP contribution in [0.3, 0.4) is 0 Å². The zero-order chi connectivity index (χ0) is 17.8. The van der Waals surface area contributed by atoms with Crippen LogP contribution in [0.2, 0.25) is 10.0 Å². The molecular formula is C17H12Cl2N2O2S2. The van der Waals surface area contributed by atoms with E-state index in [1.165, 1.54) is 16.8 Å². The molecule has 0 aromatic heterocycles. The highest BCUT2D eigenvalue weighted by Crippen LogP contribution is 2.23. The molecule has 128 valence electrons. The molecule has 4 nitrogen and oxygen atoms in total. The van der Waals surface area contributed by atoms with Crippen molar-refractivity contribution in [3.8, 4) is 5.75 Å². The lowest BCUT2D eigenvalue weighted by atomic mass is 10.2. The van der Waals surface area contributed by atoms with Crippen LogP contribution in [0.25, 0.3) is 0 Å². The number of hydrazone groups is 1. The van der Waals surface area contributed by atoms with Gasteiger partial charge in [-0.1, -0.05) is 65.4 Å². The maximum Gasteiger partial charge on any atom is 0.259 e. The quantitative estimate of drug-likeness (QED) is 0.525. The molecule has 0 saturated carbocycles. The molecule has 25 heavy (non-hydrogen) atoms. The number of rotatable bonds is 5. The highest BCUT2D eigenvalue weighted by atomic mass is 35.5. The van der Waals surface area contributed by atoms with Crippen LogP contribution < -0.4 is 4.74 Å². The highest BCUT2D eigenvalue weighted by Gasteiger charge is 2.25. The summed E-state index contributed by atoms with van der Waals surface area (Å²) in [7, 11) is 0. The molecule has 0 N–H and O–H groups in total. The highest BCUT2D eigenvalue weighted by molar-refractivity contribution is 8.23.